The first-order chi connectivity index (χ1) is 5.06. The second-order valence-corrected chi connectivity index (χ2v) is 3.16. The van der Waals surface area contributed by atoms with E-state index in [-0.39, 0.29) is 11.0 Å². The number of aromatic nitrogens is 1. The van der Waals surface area contributed by atoms with Crippen LogP contribution in [-0.4, -0.2) is 11.7 Å². The molecule has 0 fully saturated rings. The molecule has 0 aromatic carbocycles. The average Bonchev–Trinajstić information content (AvgIpc) is 2.36. The Balaban J connectivity index is 3.01. The summed E-state index contributed by atoms with van der Waals surface area (Å²) in [4.78, 5) is 10.7. The Labute approximate surface area is 64.4 Å². The van der Waals surface area contributed by atoms with E-state index in [9.17, 15) is 4.79 Å². The van der Waals surface area contributed by atoms with Crippen LogP contribution in [0.1, 0.15) is 19.6 Å². The van der Waals surface area contributed by atoms with E-state index >= 15 is 0 Å². The van der Waals surface area contributed by atoms with Crippen LogP contribution < -0.4 is 11.3 Å². The number of hydrogen-bond donors (Lipinski definition) is 2. The fourth-order valence-corrected chi connectivity index (χ4v) is 0.717. The van der Waals surface area contributed by atoms with E-state index in [2.05, 4.69) is 5.16 Å². The summed E-state index contributed by atoms with van der Waals surface area (Å²) in [6, 6.07) is 1.42. The van der Waals surface area contributed by atoms with Crippen molar-refractivity contribution in [3.05, 3.63) is 22.2 Å². The van der Waals surface area contributed by atoms with Crippen LogP contribution in [0.2, 0.25) is 0 Å². The standard InChI is InChI=1S/C7H12N2O2/c1-7(2,4-8)5-3-6(10)9-11-5/h3H,4,8H2,1-2H3,(H,9,10). The quantitative estimate of drug-likeness (QED) is 0.642. The van der Waals surface area contributed by atoms with E-state index in [0.29, 0.717) is 12.3 Å². The molecular formula is C7H12N2O2. The zero-order chi connectivity index (χ0) is 8.48. The summed E-state index contributed by atoms with van der Waals surface area (Å²) < 4.78 is 4.90. The molecule has 0 unspecified atom stereocenters. The minimum absolute atomic E-state index is 0.221. The molecule has 1 heterocycles. The molecule has 1 aromatic rings. The highest BCUT2D eigenvalue weighted by molar-refractivity contribution is 5.08. The zero-order valence-corrected chi connectivity index (χ0v) is 6.68. The topological polar surface area (TPSA) is 72.0 Å². The molecule has 0 spiro atoms. The molecule has 0 saturated heterocycles. The third kappa shape index (κ3) is 1.51. The molecule has 0 aliphatic rings. The van der Waals surface area contributed by atoms with Crippen LogP contribution in [-0.2, 0) is 5.41 Å². The highest BCUT2D eigenvalue weighted by Gasteiger charge is 2.22. The Hall–Kier alpha value is -1.03. The molecule has 1 aromatic heterocycles. The SMILES string of the molecule is CC(C)(CN)c1cc(=O)[nH]o1. The van der Waals surface area contributed by atoms with Crippen LogP contribution >= 0.6 is 0 Å². The molecule has 1 rings (SSSR count). The predicted molar refractivity (Wildman–Crippen MR) is 41.4 cm³/mol. The maximum absolute atomic E-state index is 10.7. The van der Waals surface area contributed by atoms with Crippen LogP contribution in [0.15, 0.2) is 15.4 Å². The monoisotopic (exact) mass is 156 g/mol. The Morgan fingerprint density at radius 2 is 2.36 bits per heavy atom. The van der Waals surface area contributed by atoms with Gasteiger partial charge in [-0.1, -0.05) is 13.8 Å². The second kappa shape index (κ2) is 2.54. The fraction of sp³-hybridized carbons (Fsp3) is 0.571. The van der Waals surface area contributed by atoms with Crippen LogP contribution in [0.25, 0.3) is 0 Å². The van der Waals surface area contributed by atoms with Crippen molar-refractivity contribution >= 4 is 0 Å². The minimum Gasteiger partial charge on any atom is -0.383 e. The maximum Gasteiger partial charge on any atom is 0.280 e. The van der Waals surface area contributed by atoms with Gasteiger partial charge in [-0.05, 0) is 0 Å². The lowest BCUT2D eigenvalue weighted by atomic mass is 9.91. The van der Waals surface area contributed by atoms with Crippen LogP contribution in [0.3, 0.4) is 0 Å². The molecule has 0 aliphatic carbocycles. The predicted octanol–water partition coefficient (Wildman–Crippen LogP) is 0.204. The summed E-state index contributed by atoms with van der Waals surface area (Å²) in [5, 5.41) is 2.22. The number of rotatable bonds is 2. The molecule has 0 bridgehead atoms. The van der Waals surface area contributed by atoms with E-state index in [1.165, 1.54) is 6.07 Å². The van der Waals surface area contributed by atoms with Gasteiger partial charge in [0.1, 0.15) is 5.76 Å². The summed E-state index contributed by atoms with van der Waals surface area (Å²) in [7, 11) is 0. The van der Waals surface area contributed by atoms with Crippen molar-refractivity contribution in [2.45, 2.75) is 19.3 Å². The van der Waals surface area contributed by atoms with Gasteiger partial charge in [0.05, 0.1) is 0 Å². The van der Waals surface area contributed by atoms with E-state index in [4.69, 9.17) is 10.3 Å². The smallest absolute Gasteiger partial charge is 0.280 e. The average molecular weight is 156 g/mol. The minimum atomic E-state index is -0.265. The maximum atomic E-state index is 10.7. The van der Waals surface area contributed by atoms with Gasteiger partial charge >= 0.3 is 0 Å². The summed E-state index contributed by atoms with van der Waals surface area (Å²) >= 11 is 0. The summed E-state index contributed by atoms with van der Waals surface area (Å²) in [6.45, 7) is 4.28. The molecule has 0 saturated carbocycles. The van der Waals surface area contributed by atoms with Crippen molar-refractivity contribution in [3.8, 4) is 0 Å². The lowest BCUT2D eigenvalue weighted by Gasteiger charge is -2.17. The Morgan fingerprint density at radius 3 is 2.73 bits per heavy atom. The van der Waals surface area contributed by atoms with Gasteiger partial charge < -0.3 is 10.3 Å². The van der Waals surface area contributed by atoms with Crippen LogP contribution in [0, 0.1) is 0 Å². The molecule has 0 aliphatic heterocycles. The third-order valence-electron chi connectivity index (χ3n) is 1.70. The van der Waals surface area contributed by atoms with Crippen molar-refractivity contribution in [3.63, 3.8) is 0 Å². The summed E-state index contributed by atoms with van der Waals surface area (Å²) in [5.41, 5.74) is 4.99. The Kier molecular flexibility index (Phi) is 1.87. The van der Waals surface area contributed by atoms with Gasteiger partial charge in [-0.2, -0.15) is 5.16 Å². The number of H-pyrrole nitrogens is 1. The first kappa shape index (κ1) is 8.07. The highest BCUT2D eigenvalue weighted by Crippen LogP contribution is 2.18. The Bertz CT molecular complexity index is 285. The second-order valence-electron chi connectivity index (χ2n) is 3.16. The van der Waals surface area contributed by atoms with E-state index in [1.807, 2.05) is 13.8 Å². The van der Waals surface area contributed by atoms with Crippen molar-refractivity contribution < 1.29 is 4.52 Å². The van der Waals surface area contributed by atoms with Gasteiger partial charge in [0.2, 0.25) is 0 Å². The lowest BCUT2D eigenvalue weighted by molar-refractivity contribution is 0.317. The van der Waals surface area contributed by atoms with Crippen molar-refractivity contribution in [1.29, 1.82) is 0 Å². The summed E-state index contributed by atoms with van der Waals surface area (Å²) in [5.74, 6) is 0.602. The molecule has 62 valence electrons. The van der Waals surface area contributed by atoms with Crippen LogP contribution in [0.5, 0.6) is 0 Å². The molecule has 0 radical (unpaired) electrons. The molecule has 0 amide bonds. The van der Waals surface area contributed by atoms with Crippen molar-refractivity contribution in [2.24, 2.45) is 5.73 Å². The van der Waals surface area contributed by atoms with E-state index in [0.717, 1.165) is 0 Å². The first-order valence-corrected chi connectivity index (χ1v) is 3.45. The van der Waals surface area contributed by atoms with Crippen LogP contribution in [0.4, 0.5) is 0 Å². The molecule has 11 heavy (non-hydrogen) atoms. The largest absolute Gasteiger partial charge is 0.383 e. The summed E-state index contributed by atoms with van der Waals surface area (Å²) in [6.07, 6.45) is 0. The number of aromatic amines is 1. The van der Waals surface area contributed by atoms with Gasteiger partial charge in [-0.3, -0.25) is 4.79 Å². The van der Waals surface area contributed by atoms with Gasteiger partial charge in [0, 0.05) is 18.0 Å². The molecule has 4 heteroatoms. The molecule has 3 N–H and O–H groups in total. The van der Waals surface area contributed by atoms with Crippen molar-refractivity contribution in [1.82, 2.24) is 5.16 Å². The molecule has 4 nitrogen and oxygen atoms in total. The van der Waals surface area contributed by atoms with Gasteiger partial charge in [-0.15, -0.1) is 0 Å². The normalized spacial score (nSPS) is 11.9. The highest BCUT2D eigenvalue weighted by atomic mass is 16.5. The zero-order valence-electron chi connectivity index (χ0n) is 6.68. The number of nitrogens with one attached hydrogen (secondary N) is 1. The van der Waals surface area contributed by atoms with Gasteiger partial charge in [0.15, 0.2) is 0 Å². The fourth-order valence-electron chi connectivity index (χ4n) is 0.717. The molecular weight excluding hydrogens is 144 g/mol. The van der Waals surface area contributed by atoms with Gasteiger partial charge in [-0.25, -0.2) is 0 Å². The third-order valence-corrected chi connectivity index (χ3v) is 1.70. The molecule has 0 atom stereocenters. The number of hydrogen-bond acceptors (Lipinski definition) is 3. The number of nitrogens with two attached hydrogens (primary N) is 1. The Morgan fingerprint density at radius 1 is 1.73 bits per heavy atom. The van der Waals surface area contributed by atoms with Crippen molar-refractivity contribution in [2.75, 3.05) is 6.54 Å². The van der Waals surface area contributed by atoms with E-state index < -0.39 is 0 Å². The first-order valence-electron chi connectivity index (χ1n) is 3.45. The van der Waals surface area contributed by atoms with Gasteiger partial charge in [0.25, 0.3) is 5.56 Å². The van der Waals surface area contributed by atoms with E-state index in [1.54, 1.807) is 0 Å². The lowest BCUT2D eigenvalue weighted by Crippen LogP contribution is -2.27.